The van der Waals surface area contributed by atoms with Crippen molar-refractivity contribution in [3.8, 4) is 11.8 Å². The Morgan fingerprint density at radius 1 is 1.56 bits per heavy atom. The maximum atomic E-state index is 11.9. The first kappa shape index (κ1) is 10.2. The van der Waals surface area contributed by atoms with Gasteiger partial charge in [0, 0.05) is 0 Å². The lowest BCUT2D eigenvalue weighted by atomic mass is 10.2. The van der Waals surface area contributed by atoms with E-state index in [1.54, 1.807) is 18.2 Å². The van der Waals surface area contributed by atoms with Crippen molar-refractivity contribution in [1.82, 2.24) is 5.16 Å². The molecule has 5 heteroatoms. The summed E-state index contributed by atoms with van der Waals surface area (Å²) >= 11 is 0. The highest BCUT2D eigenvalue weighted by molar-refractivity contribution is 5.78. The fraction of sp³-hybridized carbons (Fsp3) is 0.182. The van der Waals surface area contributed by atoms with Crippen LogP contribution < -0.4 is 10.2 Å². The number of nitriles is 1. The van der Waals surface area contributed by atoms with Crippen LogP contribution in [-0.4, -0.2) is 12.3 Å². The Morgan fingerprint density at radius 3 is 3.06 bits per heavy atom. The second kappa shape index (κ2) is 4.03. The quantitative estimate of drug-likeness (QED) is 0.755. The number of fused-ring (bicyclic) bond motifs is 1. The second-order valence-corrected chi connectivity index (χ2v) is 3.16. The van der Waals surface area contributed by atoms with Crippen molar-refractivity contribution in [2.45, 2.75) is 6.42 Å². The molecule has 2 aromatic rings. The van der Waals surface area contributed by atoms with E-state index < -0.39 is 0 Å². The first-order valence-electron chi connectivity index (χ1n) is 4.60. The molecule has 0 aliphatic rings. The lowest BCUT2D eigenvalue weighted by Gasteiger charge is -2.01. The number of benzene rings is 1. The minimum Gasteiger partial charge on any atom is -0.497 e. The summed E-state index contributed by atoms with van der Waals surface area (Å²) in [5.41, 5.74) is 0.206. The summed E-state index contributed by atoms with van der Waals surface area (Å²) in [5, 5.41) is 12.5. The Morgan fingerprint density at radius 2 is 2.38 bits per heavy atom. The monoisotopic (exact) mass is 216 g/mol. The number of hydrogen-bond donors (Lipinski definition) is 0. The molecule has 0 N–H and O–H groups in total. The van der Waals surface area contributed by atoms with Gasteiger partial charge in [-0.3, -0.25) is 4.79 Å². The van der Waals surface area contributed by atoms with Crippen LogP contribution >= 0.6 is 0 Å². The molecule has 1 heterocycles. The van der Waals surface area contributed by atoms with E-state index in [-0.39, 0.29) is 17.5 Å². The number of aromatic nitrogens is 1. The molecule has 0 spiro atoms. The van der Waals surface area contributed by atoms with E-state index in [1.165, 1.54) is 7.11 Å². The van der Waals surface area contributed by atoms with Gasteiger partial charge in [0.25, 0.3) is 0 Å². The molecule has 2 rings (SSSR count). The third kappa shape index (κ3) is 1.61. The molecule has 16 heavy (non-hydrogen) atoms. The Balaban J connectivity index is 2.72. The molecule has 0 bridgehead atoms. The van der Waals surface area contributed by atoms with E-state index >= 15 is 0 Å². The van der Waals surface area contributed by atoms with Gasteiger partial charge in [0.1, 0.15) is 11.4 Å². The average Bonchev–Trinajstić information content (AvgIpc) is 2.33. The minimum absolute atomic E-state index is 0.0600. The summed E-state index contributed by atoms with van der Waals surface area (Å²) in [4.78, 5) is 11.9. The molecule has 0 unspecified atom stereocenters. The van der Waals surface area contributed by atoms with Crippen LogP contribution in [0.25, 0.3) is 11.0 Å². The number of methoxy groups -OCH3 is 1. The lowest BCUT2D eigenvalue weighted by molar-refractivity contribution is 0.412. The van der Waals surface area contributed by atoms with Crippen LogP contribution in [0.3, 0.4) is 0 Å². The normalized spacial score (nSPS) is 10.0. The molecular weight excluding hydrogens is 208 g/mol. The molecule has 1 aromatic heterocycles. The smallest absolute Gasteiger partial charge is 0.215 e. The Hall–Kier alpha value is -2.35. The highest BCUT2D eigenvalue weighted by atomic mass is 16.5. The van der Waals surface area contributed by atoms with Crippen LogP contribution in [0.2, 0.25) is 0 Å². The summed E-state index contributed by atoms with van der Waals surface area (Å²) < 4.78 is 10.0. The van der Waals surface area contributed by atoms with E-state index in [1.807, 2.05) is 6.07 Å². The van der Waals surface area contributed by atoms with E-state index in [4.69, 9.17) is 14.5 Å². The molecule has 0 saturated heterocycles. The molecule has 0 saturated carbocycles. The highest BCUT2D eigenvalue weighted by Crippen LogP contribution is 2.17. The average molecular weight is 216 g/mol. The fourth-order valence-electron chi connectivity index (χ4n) is 1.38. The van der Waals surface area contributed by atoms with Crippen molar-refractivity contribution in [3.05, 3.63) is 34.1 Å². The van der Waals surface area contributed by atoms with Crippen molar-refractivity contribution in [1.29, 1.82) is 5.26 Å². The number of hydrogen-bond acceptors (Lipinski definition) is 5. The van der Waals surface area contributed by atoms with Crippen molar-refractivity contribution >= 4 is 11.0 Å². The lowest BCUT2D eigenvalue weighted by Crippen LogP contribution is -2.10. The summed E-state index contributed by atoms with van der Waals surface area (Å²) in [7, 11) is 1.51. The topological polar surface area (TPSA) is 76.1 Å². The van der Waals surface area contributed by atoms with Crippen molar-refractivity contribution in [2.24, 2.45) is 0 Å². The summed E-state index contributed by atoms with van der Waals surface area (Å²) in [6, 6.07) is 6.72. The zero-order chi connectivity index (χ0) is 11.5. The SMILES string of the molecule is COc1ccc2onc(CC#N)c(=O)c2c1. The summed E-state index contributed by atoms with van der Waals surface area (Å²) in [5.74, 6) is 0.564. The van der Waals surface area contributed by atoms with E-state index in [0.29, 0.717) is 16.7 Å². The largest absolute Gasteiger partial charge is 0.497 e. The fourth-order valence-corrected chi connectivity index (χ4v) is 1.38. The van der Waals surface area contributed by atoms with Crippen LogP contribution in [-0.2, 0) is 6.42 Å². The van der Waals surface area contributed by atoms with Gasteiger partial charge in [-0.25, -0.2) is 0 Å². The first-order valence-corrected chi connectivity index (χ1v) is 4.60. The molecule has 0 radical (unpaired) electrons. The molecule has 5 nitrogen and oxygen atoms in total. The molecule has 0 aliphatic heterocycles. The van der Waals surface area contributed by atoms with Crippen LogP contribution in [0.4, 0.5) is 0 Å². The van der Waals surface area contributed by atoms with Crippen molar-refractivity contribution in [2.75, 3.05) is 7.11 Å². The van der Waals surface area contributed by atoms with Gasteiger partial charge in [-0.15, -0.1) is 0 Å². The number of nitrogens with zero attached hydrogens (tertiary/aromatic N) is 2. The van der Waals surface area contributed by atoms with Crippen molar-refractivity contribution < 1.29 is 9.26 Å². The Labute approximate surface area is 90.9 Å². The number of ether oxygens (including phenoxy) is 1. The maximum absolute atomic E-state index is 11.9. The van der Waals surface area contributed by atoms with Crippen LogP contribution in [0.5, 0.6) is 5.75 Å². The predicted molar refractivity (Wildman–Crippen MR) is 56.1 cm³/mol. The van der Waals surface area contributed by atoms with Crippen LogP contribution in [0.1, 0.15) is 5.69 Å². The Bertz CT molecular complexity index is 625. The molecule has 0 atom stereocenters. The van der Waals surface area contributed by atoms with Crippen molar-refractivity contribution in [3.63, 3.8) is 0 Å². The third-order valence-corrected chi connectivity index (χ3v) is 2.19. The summed E-state index contributed by atoms with van der Waals surface area (Å²) in [6.07, 6.45) is -0.0600. The molecular formula is C11H8N2O3. The second-order valence-electron chi connectivity index (χ2n) is 3.16. The van der Waals surface area contributed by atoms with Gasteiger partial charge >= 0.3 is 0 Å². The molecule has 0 amide bonds. The van der Waals surface area contributed by atoms with Gasteiger partial charge in [-0.2, -0.15) is 5.26 Å². The van der Waals surface area contributed by atoms with E-state index in [2.05, 4.69) is 5.16 Å². The molecule has 0 fully saturated rings. The van der Waals surface area contributed by atoms with Gasteiger partial charge in [-0.05, 0) is 18.2 Å². The molecule has 1 aromatic carbocycles. The zero-order valence-corrected chi connectivity index (χ0v) is 8.56. The number of rotatable bonds is 2. The maximum Gasteiger partial charge on any atom is 0.215 e. The van der Waals surface area contributed by atoms with Crippen LogP contribution in [0.15, 0.2) is 27.5 Å². The highest BCUT2D eigenvalue weighted by Gasteiger charge is 2.09. The van der Waals surface area contributed by atoms with Gasteiger partial charge in [0.2, 0.25) is 5.43 Å². The van der Waals surface area contributed by atoms with Crippen LogP contribution in [0, 0.1) is 11.3 Å². The first-order chi connectivity index (χ1) is 7.76. The predicted octanol–water partition coefficient (Wildman–Crippen LogP) is 1.26. The summed E-state index contributed by atoms with van der Waals surface area (Å²) in [6.45, 7) is 0. The van der Waals surface area contributed by atoms with Gasteiger partial charge in [0.15, 0.2) is 5.58 Å². The van der Waals surface area contributed by atoms with E-state index in [9.17, 15) is 4.79 Å². The third-order valence-electron chi connectivity index (χ3n) is 2.19. The molecule has 0 aliphatic carbocycles. The van der Waals surface area contributed by atoms with Gasteiger partial charge in [-0.1, -0.05) is 5.16 Å². The van der Waals surface area contributed by atoms with E-state index in [0.717, 1.165) is 0 Å². The minimum atomic E-state index is -0.290. The van der Waals surface area contributed by atoms with Gasteiger partial charge in [0.05, 0.1) is 25.0 Å². The standard InChI is InChI=1S/C11H8N2O3/c1-15-7-2-3-10-8(6-7)11(14)9(4-5-12)13-16-10/h2-3,6H,4H2,1H3. The van der Waals surface area contributed by atoms with Gasteiger partial charge < -0.3 is 9.26 Å². The molecule has 80 valence electrons. The zero-order valence-electron chi connectivity index (χ0n) is 8.56. The Kier molecular flexibility index (Phi) is 2.56.